The van der Waals surface area contributed by atoms with Gasteiger partial charge >= 0.3 is 12.5 Å². The summed E-state index contributed by atoms with van der Waals surface area (Å²) in [6.07, 6.45) is -4.97. The lowest BCUT2D eigenvalue weighted by molar-refractivity contribution is -0.357. The van der Waals surface area contributed by atoms with Crippen molar-refractivity contribution in [1.29, 1.82) is 0 Å². The van der Waals surface area contributed by atoms with Crippen LogP contribution in [0.4, 0.5) is 26.3 Å². The zero-order chi connectivity index (χ0) is 24.4. The fourth-order valence-electron chi connectivity index (χ4n) is 5.19. The minimum Gasteiger partial charge on any atom is -0.368 e. The minimum absolute atomic E-state index is 0.0931. The SMILES string of the molecule is O=C(COC1CC(OC(F)(F)F)C1)NC12CC(n3cnc(-c4cccc(C(F)(F)F)c4)c3)(C1)C2. The highest BCUT2D eigenvalue weighted by molar-refractivity contribution is 5.79. The smallest absolute Gasteiger partial charge is 0.368 e. The van der Waals surface area contributed by atoms with Crippen molar-refractivity contribution in [3.8, 4) is 11.3 Å². The Kier molecular flexibility index (Phi) is 5.25. The molecule has 1 aromatic carbocycles. The molecule has 2 bridgehead atoms. The summed E-state index contributed by atoms with van der Waals surface area (Å²) >= 11 is 0. The van der Waals surface area contributed by atoms with Gasteiger partial charge in [0.25, 0.3) is 0 Å². The normalized spacial score (nSPS) is 30.2. The Morgan fingerprint density at radius 2 is 1.82 bits per heavy atom. The molecular formula is C22H21F6N3O3. The van der Waals surface area contributed by atoms with Gasteiger partial charge in [-0.25, -0.2) is 4.98 Å². The monoisotopic (exact) mass is 489 g/mol. The lowest BCUT2D eigenvalue weighted by atomic mass is 9.44. The van der Waals surface area contributed by atoms with E-state index < -0.39 is 30.3 Å². The Labute approximate surface area is 190 Å². The van der Waals surface area contributed by atoms with Gasteiger partial charge in [-0.05, 0) is 31.4 Å². The predicted molar refractivity (Wildman–Crippen MR) is 105 cm³/mol. The molecule has 1 aromatic heterocycles. The van der Waals surface area contributed by atoms with Crippen molar-refractivity contribution in [3.05, 3.63) is 42.4 Å². The summed E-state index contributed by atoms with van der Waals surface area (Å²) in [7, 11) is 0. The predicted octanol–water partition coefficient (Wildman–Crippen LogP) is 4.40. The van der Waals surface area contributed by atoms with Gasteiger partial charge in [0.2, 0.25) is 5.91 Å². The highest BCUT2D eigenvalue weighted by atomic mass is 19.4. The van der Waals surface area contributed by atoms with Crippen molar-refractivity contribution < 1.29 is 40.6 Å². The Morgan fingerprint density at radius 1 is 1.12 bits per heavy atom. The number of ether oxygens (including phenoxy) is 2. The van der Waals surface area contributed by atoms with Crippen molar-refractivity contribution in [3.63, 3.8) is 0 Å². The molecule has 4 aliphatic rings. The largest absolute Gasteiger partial charge is 0.522 e. The Hall–Kier alpha value is -2.60. The standard InChI is InChI=1S/C22H21F6N3O3/c23-21(24,25)14-3-1-2-13(4-14)17-7-31(12-29-17)20-9-19(10-20,11-20)30-18(32)8-33-15-5-16(6-15)34-22(26,27)28/h1-4,7,12,15-16H,5-6,8-11H2,(H,30,32). The van der Waals surface area contributed by atoms with Gasteiger partial charge in [0.05, 0.1) is 35.3 Å². The number of nitrogens with zero attached hydrogens (tertiary/aromatic N) is 2. The molecule has 4 fully saturated rings. The van der Waals surface area contributed by atoms with E-state index >= 15 is 0 Å². The highest BCUT2D eigenvalue weighted by Crippen LogP contribution is 2.65. The van der Waals surface area contributed by atoms with Crippen LogP contribution >= 0.6 is 0 Å². The highest BCUT2D eigenvalue weighted by Gasteiger charge is 2.69. The van der Waals surface area contributed by atoms with Gasteiger partial charge < -0.3 is 14.6 Å². The van der Waals surface area contributed by atoms with E-state index in [4.69, 9.17) is 4.74 Å². The molecule has 6 rings (SSSR count). The van der Waals surface area contributed by atoms with Crippen LogP contribution in [0.5, 0.6) is 0 Å². The minimum atomic E-state index is -4.67. The van der Waals surface area contributed by atoms with E-state index in [9.17, 15) is 31.1 Å². The molecule has 1 heterocycles. The van der Waals surface area contributed by atoms with Crippen molar-refractivity contribution in [2.75, 3.05) is 6.61 Å². The number of amides is 1. The molecule has 0 saturated heterocycles. The van der Waals surface area contributed by atoms with E-state index in [0.717, 1.165) is 12.1 Å². The quantitative estimate of drug-likeness (QED) is 0.586. The van der Waals surface area contributed by atoms with Crippen LogP contribution < -0.4 is 5.32 Å². The van der Waals surface area contributed by atoms with Gasteiger partial charge in [-0.2, -0.15) is 13.2 Å². The zero-order valence-electron chi connectivity index (χ0n) is 17.7. The fourth-order valence-corrected chi connectivity index (χ4v) is 5.19. The molecule has 6 nitrogen and oxygen atoms in total. The number of benzene rings is 1. The number of nitrogens with one attached hydrogen (secondary N) is 1. The number of rotatable bonds is 7. The summed E-state index contributed by atoms with van der Waals surface area (Å²) in [6, 6.07) is 5.00. The Bertz CT molecular complexity index is 1070. The second-order valence-electron chi connectivity index (χ2n) is 9.42. The maximum atomic E-state index is 13.0. The maximum absolute atomic E-state index is 13.0. The molecule has 0 unspecified atom stereocenters. The summed E-state index contributed by atoms with van der Waals surface area (Å²) in [6.45, 7) is -0.233. The fraction of sp³-hybridized carbons (Fsp3) is 0.545. The molecule has 12 heteroatoms. The number of imidazole rings is 1. The first-order valence-corrected chi connectivity index (χ1v) is 10.7. The van der Waals surface area contributed by atoms with E-state index in [1.165, 1.54) is 6.07 Å². The van der Waals surface area contributed by atoms with Gasteiger partial charge in [0.15, 0.2) is 0 Å². The molecule has 0 atom stereocenters. The van der Waals surface area contributed by atoms with Crippen LogP contribution in [0.2, 0.25) is 0 Å². The van der Waals surface area contributed by atoms with Crippen molar-refractivity contribution in [2.45, 2.75) is 67.9 Å². The van der Waals surface area contributed by atoms with Gasteiger partial charge in [0, 0.05) is 30.1 Å². The molecule has 4 saturated carbocycles. The van der Waals surface area contributed by atoms with Crippen LogP contribution in [-0.4, -0.2) is 46.2 Å². The van der Waals surface area contributed by atoms with Gasteiger partial charge in [-0.15, -0.1) is 13.2 Å². The third-order valence-electron chi connectivity index (χ3n) is 6.82. The average Bonchev–Trinajstić information content (AvgIpc) is 3.13. The Balaban J connectivity index is 1.09. The first-order valence-electron chi connectivity index (χ1n) is 10.7. The van der Waals surface area contributed by atoms with E-state index in [-0.39, 0.29) is 36.4 Å². The molecule has 2 aromatic rings. The second kappa shape index (κ2) is 7.70. The summed E-state index contributed by atoms with van der Waals surface area (Å²) < 4.78 is 86.5. The molecule has 0 radical (unpaired) electrons. The first-order chi connectivity index (χ1) is 15.8. The number of hydrogen-bond acceptors (Lipinski definition) is 4. The van der Waals surface area contributed by atoms with Gasteiger partial charge in [-0.3, -0.25) is 9.53 Å². The van der Waals surface area contributed by atoms with Gasteiger partial charge in [0.1, 0.15) is 6.61 Å². The van der Waals surface area contributed by atoms with E-state index in [2.05, 4.69) is 15.0 Å². The van der Waals surface area contributed by atoms with E-state index in [1.807, 2.05) is 4.57 Å². The number of carbonyl (C=O) groups excluding carboxylic acids is 1. The molecular weight excluding hydrogens is 468 g/mol. The second-order valence-corrected chi connectivity index (χ2v) is 9.42. The number of halogens is 6. The van der Waals surface area contributed by atoms with Crippen molar-refractivity contribution in [1.82, 2.24) is 14.9 Å². The molecule has 0 aliphatic heterocycles. The van der Waals surface area contributed by atoms with E-state index in [0.29, 0.717) is 30.5 Å². The molecule has 34 heavy (non-hydrogen) atoms. The van der Waals surface area contributed by atoms with E-state index in [1.54, 1.807) is 18.6 Å². The van der Waals surface area contributed by atoms with Crippen LogP contribution in [0.15, 0.2) is 36.8 Å². The van der Waals surface area contributed by atoms with Crippen molar-refractivity contribution >= 4 is 5.91 Å². The molecule has 0 spiro atoms. The summed E-state index contributed by atoms with van der Waals surface area (Å²) in [5.41, 5.74) is -0.506. The number of aromatic nitrogens is 2. The van der Waals surface area contributed by atoms with Crippen LogP contribution in [0, 0.1) is 0 Å². The van der Waals surface area contributed by atoms with Gasteiger partial charge in [-0.1, -0.05) is 12.1 Å². The zero-order valence-corrected chi connectivity index (χ0v) is 17.7. The lowest BCUT2D eigenvalue weighted by Crippen LogP contribution is -2.78. The number of hydrogen-bond donors (Lipinski definition) is 1. The summed E-state index contributed by atoms with van der Waals surface area (Å²) in [5.74, 6) is -0.330. The topological polar surface area (TPSA) is 65.4 Å². The lowest BCUT2D eigenvalue weighted by Gasteiger charge is -2.70. The average molecular weight is 489 g/mol. The summed E-state index contributed by atoms with van der Waals surface area (Å²) in [5, 5.41) is 2.93. The first kappa shape index (κ1) is 23.2. The van der Waals surface area contributed by atoms with Crippen LogP contribution in [-0.2, 0) is 26.0 Å². The molecule has 184 valence electrons. The van der Waals surface area contributed by atoms with Crippen LogP contribution in [0.1, 0.15) is 37.7 Å². The third-order valence-corrected chi connectivity index (χ3v) is 6.82. The summed E-state index contributed by atoms with van der Waals surface area (Å²) in [4.78, 5) is 16.5. The maximum Gasteiger partial charge on any atom is 0.522 e. The molecule has 1 N–H and O–H groups in total. The number of alkyl halides is 6. The molecule has 1 amide bonds. The van der Waals surface area contributed by atoms with Crippen LogP contribution in [0.25, 0.3) is 11.3 Å². The van der Waals surface area contributed by atoms with Crippen LogP contribution in [0.3, 0.4) is 0 Å². The number of carbonyl (C=O) groups is 1. The Morgan fingerprint density at radius 3 is 2.47 bits per heavy atom. The molecule has 4 aliphatic carbocycles. The van der Waals surface area contributed by atoms with Crippen molar-refractivity contribution in [2.24, 2.45) is 0 Å². The third kappa shape index (κ3) is 4.40.